The second kappa shape index (κ2) is 16.0. The molecule has 0 atom stereocenters. The largest absolute Gasteiger partial charge is 2.00 e. The average Bonchev–Trinajstić information content (AvgIpc) is 3.47. The van der Waals surface area contributed by atoms with E-state index >= 15 is 0 Å². The summed E-state index contributed by atoms with van der Waals surface area (Å²) in [5.74, 6) is 2.68. The fourth-order valence-electron chi connectivity index (χ4n) is 6.32. The summed E-state index contributed by atoms with van der Waals surface area (Å²) in [5.41, 5.74) is 6.12. The van der Waals surface area contributed by atoms with E-state index in [-0.39, 0.29) is 52.3 Å². The van der Waals surface area contributed by atoms with Gasteiger partial charge in [-0.25, -0.2) is 15.0 Å². The molecule has 0 amide bonds. The van der Waals surface area contributed by atoms with Crippen LogP contribution >= 0.6 is 0 Å². The predicted molar refractivity (Wildman–Crippen MR) is 206 cm³/mol. The summed E-state index contributed by atoms with van der Waals surface area (Å²) in [5, 5.41) is 1.92. The van der Waals surface area contributed by atoms with Crippen LogP contribution in [0.25, 0.3) is 50.3 Å². The van der Waals surface area contributed by atoms with Crippen LogP contribution in [0.4, 0.5) is 0 Å². The number of rotatable bonds is 7. The van der Waals surface area contributed by atoms with Crippen LogP contribution in [0.2, 0.25) is 0 Å². The van der Waals surface area contributed by atoms with E-state index in [0.717, 1.165) is 55.4 Å². The number of nitrogens with zero attached hydrogens (tertiary/aromatic N) is 6. The summed E-state index contributed by atoms with van der Waals surface area (Å²) >= 11 is 0. The first kappa shape index (κ1) is 39.6. The maximum absolute atomic E-state index is 6.67. The zero-order valence-electron chi connectivity index (χ0n) is 31.0. The van der Waals surface area contributed by atoms with E-state index in [0.29, 0.717) is 28.9 Å². The van der Waals surface area contributed by atoms with Crippen molar-refractivity contribution in [3.63, 3.8) is 0 Å². The van der Waals surface area contributed by atoms with Gasteiger partial charge in [-0.1, -0.05) is 99.8 Å². The SMILES string of the molecule is CC(C)(C)c1cc2c3cc(C(C)(C)C)c(Oc4[c-]c(-c5ccccn5)ccc4)[c-]c3n(-c3ncncn3)c2[c-]c1Oc1[c-]c(-c2ccccn2)ccc1.[Pd+2].[Pt+2]. The van der Waals surface area contributed by atoms with E-state index in [2.05, 4.69) is 103 Å². The molecule has 0 aliphatic heterocycles. The number of aromatic nitrogens is 6. The maximum Gasteiger partial charge on any atom is 2.00 e. The molecule has 55 heavy (non-hydrogen) atoms. The summed E-state index contributed by atoms with van der Waals surface area (Å²) in [6.45, 7) is 13.0. The molecular formula is C45H36N6O2PdPt. The fraction of sp³-hybridized carbons (Fsp3) is 0.178. The topological polar surface area (TPSA) is 87.8 Å². The Kier molecular flexibility index (Phi) is 11.5. The van der Waals surface area contributed by atoms with Crippen molar-refractivity contribution in [3.8, 4) is 51.5 Å². The van der Waals surface area contributed by atoms with Gasteiger partial charge in [0.25, 0.3) is 0 Å². The molecule has 10 heteroatoms. The molecule has 0 unspecified atom stereocenters. The number of pyridine rings is 2. The summed E-state index contributed by atoms with van der Waals surface area (Å²) in [4.78, 5) is 22.3. The molecule has 0 aliphatic carbocycles. The standard InChI is InChI=1S/C45H36N6O2.Pd.Pt/c1-44(2,3)35-23-33-34-24-36(45(4,5)6)42(53-32-16-12-14-30(22-32)38-18-8-10-20-48-38)26-40(34)51(43-49-27-46-28-50-43)39(33)25-41(35)52-31-15-11-13-29(21-31)37-17-7-9-19-47-37;;/h7-20,23-24,27-28H,1-6H3;;/q-4;2*+2. The molecule has 4 aromatic carbocycles. The molecule has 8 nitrogen and oxygen atoms in total. The summed E-state index contributed by atoms with van der Waals surface area (Å²) in [7, 11) is 0. The number of hydrogen-bond donors (Lipinski definition) is 0. The first-order valence-corrected chi connectivity index (χ1v) is 17.4. The number of fused-ring (bicyclic) bond motifs is 3. The third kappa shape index (κ3) is 8.16. The Morgan fingerprint density at radius 2 is 1.00 bits per heavy atom. The van der Waals surface area contributed by atoms with E-state index in [1.807, 2.05) is 77.4 Å². The Balaban J connectivity index is 0.00000257. The van der Waals surface area contributed by atoms with E-state index in [9.17, 15) is 0 Å². The minimum Gasteiger partial charge on any atom is -0.503 e. The monoisotopic (exact) mass is 993 g/mol. The first-order valence-electron chi connectivity index (χ1n) is 17.4. The Morgan fingerprint density at radius 1 is 0.545 bits per heavy atom. The molecule has 4 heterocycles. The number of benzene rings is 4. The van der Waals surface area contributed by atoms with Crippen molar-refractivity contribution in [1.29, 1.82) is 0 Å². The molecule has 4 aromatic heterocycles. The van der Waals surface area contributed by atoms with Crippen molar-refractivity contribution < 1.29 is 51.0 Å². The van der Waals surface area contributed by atoms with E-state index in [1.54, 1.807) is 12.4 Å². The van der Waals surface area contributed by atoms with E-state index < -0.39 is 0 Å². The molecule has 0 bridgehead atoms. The predicted octanol–water partition coefficient (Wildman–Crippen LogP) is 10.5. The van der Waals surface area contributed by atoms with Gasteiger partial charge in [0.15, 0.2) is 0 Å². The second-order valence-corrected chi connectivity index (χ2v) is 14.8. The van der Waals surface area contributed by atoms with Crippen LogP contribution in [-0.2, 0) is 52.3 Å². The zero-order chi connectivity index (χ0) is 36.7. The molecule has 0 radical (unpaired) electrons. The van der Waals surface area contributed by atoms with Gasteiger partial charge in [0.2, 0.25) is 5.95 Å². The van der Waals surface area contributed by atoms with Gasteiger partial charge in [0, 0.05) is 35.4 Å². The average molecular weight is 994 g/mol. The summed E-state index contributed by atoms with van der Waals surface area (Å²) < 4.78 is 15.3. The minimum atomic E-state index is -0.297. The fourth-order valence-corrected chi connectivity index (χ4v) is 6.32. The molecule has 8 aromatic rings. The van der Waals surface area contributed by atoms with Crippen molar-refractivity contribution in [1.82, 2.24) is 29.5 Å². The Hall–Kier alpha value is -5.06. The third-order valence-corrected chi connectivity index (χ3v) is 8.92. The molecule has 0 saturated carbocycles. The van der Waals surface area contributed by atoms with Gasteiger partial charge < -0.3 is 24.0 Å². The molecule has 0 fully saturated rings. The molecular weight excluding hydrogens is 958 g/mol. The molecule has 0 N–H and O–H groups in total. The smallest absolute Gasteiger partial charge is 0.503 e. The minimum absolute atomic E-state index is 0. The second-order valence-electron chi connectivity index (χ2n) is 14.8. The maximum atomic E-state index is 6.67. The summed E-state index contributed by atoms with van der Waals surface area (Å²) in [6.07, 6.45) is 6.51. The molecule has 278 valence electrons. The Bertz CT molecular complexity index is 2430. The van der Waals surface area contributed by atoms with Crippen molar-refractivity contribution in [2.75, 3.05) is 0 Å². The van der Waals surface area contributed by atoms with E-state index in [1.165, 1.54) is 12.7 Å². The van der Waals surface area contributed by atoms with Crippen LogP contribution in [0.1, 0.15) is 52.7 Å². The van der Waals surface area contributed by atoms with Gasteiger partial charge in [-0.2, -0.15) is 22.9 Å². The van der Waals surface area contributed by atoms with Crippen LogP contribution in [0, 0.1) is 24.3 Å². The van der Waals surface area contributed by atoms with Gasteiger partial charge in [-0.15, -0.1) is 70.8 Å². The molecule has 8 rings (SSSR count). The molecule has 0 aliphatic rings. The Labute approximate surface area is 349 Å². The Morgan fingerprint density at radius 3 is 1.40 bits per heavy atom. The van der Waals surface area contributed by atoms with Gasteiger partial charge in [-0.3, -0.25) is 0 Å². The van der Waals surface area contributed by atoms with Gasteiger partial charge in [0.05, 0.1) is 0 Å². The number of ether oxygens (including phenoxy) is 2. The first-order chi connectivity index (χ1) is 25.5. The van der Waals surface area contributed by atoms with E-state index in [4.69, 9.17) is 9.47 Å². The third-order valence-electron chi connectivity index (χ3n) is 8.92. The quantitative estimate of drug-likeness (QED) is 0.116. The molecule has 0 spiro atoms. The van der Waals surface area contributed by atoms with Crippen molar-refractivity contribution in [2.45, 2.75) is 52.4 Å². The van der Waals surface area contributed by atoms with Crippen molar-refractivity contribution in [3.05, 3.63) is 145 Å². The van der Waals surface area contributed by atoms with Crippen LogP contribution < -0.4 is 9.47 Å². The van der Waals surface area contributed by atoms with Crippen molar-refractivity contribution >= 4 is 21.8 Å². The normalized spacial score (nSPS) is 11.5. The van der Waals surface area contributed by atoms with Gasteiger partial charge >= 0.3 is 41.5 Å². The van der Waals surface area contributed by atoms with Crippen molar-refractivity contribution in [2.24, 2.45) is 0 Å². The van der Waals surface area contributed by atoms with Crippen LogP contribution in [0.15, 0.2) is 110 Å². The summed E-state index contributed by atoms with van der Waals surface area (Å²) in [6, 6.07) is 41.7. The zero-order valence-corrected chi connectivity index (χ0v) is 34.9. The van der Waals surface area contributed by atoms with Crippen LogP contribution in [-0.4, -0.2) is 29.5 Å². The van der Waals surface area contributed by atoms with Crippen LogP contribution in [0.3, 0.4) is 0 Å². The van der Waals surface area contributed by atoms with Gasteiger partial charge in [-0.05, 0) is 23.5 Å². The van der Waals surface area contributed by atoms with Gasteiger partial charge in [0.1, 0.15) is 12.7 Å². The van der Waals surface area contributed by atoms with Crippen LogP contribution in [0.5, 0.6) is 23.0 Å². The number of hydrogen-bond acceptors (Lipinski definition) is 7. The molecule has 0 saturated heterocycles.